The lowest BCUT2D eigenvalue weighted by molar-refractivity contribution is -0.152. The van der Waals surface area contributed by atoms with Gasteiger partial charge < -0.3 is 19.1 Å². The van der Waals surface area contributed by atoms with Crippen molar-refractivity contribution in [3.8, 4) is 5.75 Å². The van der Waals surface area contributed by atoms with Crippen LogP contribution in [0.1, 0.15) is 20.8 Å². The van der Waals surface area contributed by atoms with Gasteiger partial charge >= 0.3 is 11.9 Å². The summed E-state index contributed by atoms with van der Waals surface area (Å²) in [5.41, 5.74) is 1.03. The van der Waals surface area contributed by atoms with Crippen molar-refractivity contribution in [3.63, 3.8) is 0 Å². The maximum Gasteiger partial charge on any atom is 0.350 e. The van der Waals surface area contributed by atoms with Crippen LogP contribution in [0.3, 0.4) is 0 Å². The molecule has 0 N–H and O–H groups in total. The minimum Gasteiger partial charge on any atom is -0.458 e. The van der Waals surface area contributed by atoms with Crippen molar-refractivity contribution in [2.75, 3.05) is 18.1 Å². The lowest BCUT2D eigenvalue weighted by atomic mass is 10.3. The minimum atomic E-state index is -4.22. The highest BCUT2D eigenvalue weighted by Crippen LogP contribution is 2.38. The molecule has 0 amide bonds. The molecule has 8 nitrogen and oxygen atoms in total. The highest BCUT2D eigenvalue weighted by atomic mass is 32.2. The molecule has 35 heavy (non-hydrogen) atoms. The monoisotopic (exact) mass is 497 g/mol. The van der Waals surface area contributed by atoms with Crippen molar-refractivity contribution in [2.45, 2.75) is 31.8 Å². The number of anilines is 1. The third-order valence-corrected chi connectivity index (χ3v) is 6.75. The molecule has 0 saturated carbocycles. The molecule has 0 radical (unpaired) electrons. The van der Waals surface area contributed by atoms with E-state index in [1.54, 1.807) is 24.3 Å². The first-order valence-corrected chi connectivity index (χ1v) is 12.4. The molecule has 0 aromatic heterocycles. The number of fused-ring (bicyclic) bond motifs is 1. The van der Waals surface area contributed by atoms with Crippen molar-refractivity contribution in [3.05, 3.63) is 89.7 Å². The molecule has 3 rings (SSSR count). The van der Waals surface area contributed by atoms with Crippen LogP contribution < -0.4 is 9.64 Å². The van der Waals surface area contributed by atoms with Crippen LogP contribution in [0.15, 0.2) is 94.6 Å². The van der Waals surface area contributed by atoms with Crippen molar-refractivity contribution in [2.24, 2.45) is 0 Å². The second-order valence-electron chi connectivity index (χ2n) is 7.76. The Bertz CT molecular complexity index is 1280. The summed E-state index contributed by atoms with van der Waals surface area (Å²) in [6, 6.07) is 14.9. The van der Waals surface area contributed by atoms with Gasteiger partial charge in [0.2, 0.25) is 15.7 Å². The summed E-state index contributed by atoms with van der Waals surface area (Å²) in [5.74, 6) is -0.728. The van der Waals surface area contributed by atoms with Crippen LogP contribution in [-0.2, 0) is 28.9 Å². The van der Waals surface area contributed by atoms with E-state index >= 15 is 0 Å². The Kier molecular flexibility index (Phi) is 8.14. The molecule has 1 unspecified atom stereocenters. The minimum absolute atomic E-state index is 0.0636. The zero-order valence-electron chi connectivity index (χ0n) is 19.8. The maximum absolute atomic E-state index is 13.3. The second kappa shape index (κ2) is 11.1. The SMILES string of the molecule is C=C(C)C(=O)OC(C)COC(=O)/C(=C/C=C1\Oc2ccccc2N1CC)S(=O)(=O)c1ccccc1. The average molecular weight is 498 g/mol. The summed E-state index contributed by atoms with van der Waals surface area (Å²) in [6.07, 6.45) is 1.79. The lowest BCUT2D eigenvalue weighted by Gasteiger charge is -2.16. The van der Waals surface area contributed by atoms with Crippen LogP contribution in [0.4, 0.5) is 5.69 Å². The summed E-state index contributed by atoms with van der Waals surface area (Å²) in [6.45, 7) is 8.66. The Morgan fingerprint density at radius 1 is 1.09 bits per heavy atom. The molecule has 1 heterocycles. The highest BCUT2D eigenvalue weighted by molar-refractivity contribution is 7.96. The molecule has 184 valence electrons. The molecule has 1 aliphatic rings. The molecule has 0 bridgehead atoms. The van der Waals surface area contributed by atoms with Crippen LogP contribution in [-0.4, -0.2) is 39.6 Å². The number of rotatable bonds is 9. The number of benzene rings is 2. The predicted molar refractivity (Wildman–Crippen MR) is 131 cm³/mol. The van der Waals surface area contributed by atoms with Crippen molar-refractivity contribution in [1.29, 1.82) is 0 Å². The largest absolute Gasteiger partial charge is 0.458 e. The average Bonchev–Trinajstić information content (AvgIpc) is 3.20. The highest BCUT2D eigenvalue weighted by Gasteiger charge is 2.30. The molecule has 0 aliphatic carbocycles. The Morgan fingerprint density at radius 3 is 2.40 bits per heavy atom. The fourth-order valence-corrected chi connectivity index (χ4v) is 4.52. The van der Waals surface area contributed by atoms with E-state index in [0.717, 1.165) is 5.69 Å². The number of hydrogen-bond acceptors (Lipinski definition) is 8. The first kappa shape index (κ1) is 25.8. The molecule has 0 spiro atoms. The van der Waals surface area contributed by atoms with Gasteiger partial charge in [0, 0.05) is 18.2 Å². The number of sulfone groups is 1. The Balaban J connectivity index is 1.91. The Hall–Kier alpha value is -3.85. The van der Waals surface area contributed by atoms with Crippen LogP contribution in [0, 0.1) is 0 Å². The van der Waals surface area contributed by atoms with E-state index in [-0.39, 0.29) is 17.1 Å². The Morgan fingerprint density at radius 2 is 1.74 bits per heavy atom. The van der Waals surface area contributed by atoms with Crippen LogP contribution in [0.5, 0.6) is 5.75 Å². The zero-order valence-corrected chi connectivity index (χ0v) is 20.6. The summed E-state index contributed by atoms with van der Waals surface area (Å²) in [4.78, 5) is 25.8. The number of esters is 2. The maximum atomic E-state index is 13.3. The topological polar surface area (TPSA) is 99.2 Å². The molecule has 2 aromatic rings. The van der Waals surface area contributed by atoms with Gasteiger partial charge in [0.1, 0.15) is 12.7 Å². The normalized spacial score (nSPS) is 15.2. The summed E-state index contributed by atoms with van der Waals surface area (Å²) < 4.78 is 42.8. The van der Waals surface area contributed by atoms with Gasteiger partial charge in [-0.05, 0) is 51.1 Å². The van der Waals surface area contributed by atoms with Crippen LogP contribution in [0.25, 0.3) is 0 Å². The van der Waals surface area contributed by atoms with Gasteiger partial charge in [-0.25, -0.2) is 18.0 Å². The van der Waals surface area contributed by atoms with Crippen molar-refractivity contribution in [1.82, 2.24) is 0 Å². The number of para-hydroxylation sites is 2. The summed E-state index contributed by atoms with van der Waals surface area (Å²) >= 11 is 0. The third kappa shape index (κ3) is 5.99. The molecule has 0 saturated heterocycles. The first-order valence-electron chi connectivity index (χ1n) is 10.9. The fraction of sp³-hybridized carbons (Fsp3) is 0.231. The van der Waals surface area contributed by atoms with Gasteiger partial charge in [0.25, 0.3) is 0 Å². The van der Waals surface area contributed by atoms with Gasteiger partial charge in [0.15, 0.2) is 10.7 Å². The third-order valence-electron chi connectivity index (χ3n) is 4.98. The number of ether oxygens (including phenoxy) is 3. The Labute approximate surface area is 205 Å². The number of nitrogens with zero attached hydrogens (tertiary/aromatic N) is 1. The zero-order chi connectivity index (χ0) is 25.6. The molecule has 9 heteroatoms. The molecular formula is C26H27NO7S. The molecular weight excluding hydrogens is 470 g/mol. The van der Waals surface area contributed by atoms with Gasteiger partial charge in [-0.15, -0.1) is 0 Å². The lowest BCUT2D eigenvalue weighted by Crippen LogP contribution is -2.25. The first-order chi connectivity index (χ1) is 16.6. The predicted octanol–water partition coefficient (Wildman–Crippen LogP) is 4.16. The van der Waals surface area contributed by atoms with E-state index in [4.69, 9.17) is 14.2 Å². The standard InChI is InChI=1S/C26H27NO7S/c1-5-27-21-13-9-10-14-22(21)34-24(27)16-15-23(35(30,31)20-11-7-6-8-12-20)26(29)32-17-19(4)33-25(28)18(2)3/h6-16,19H,2,5,17H2,1,3-4H3/b23-15-,24-16-. The fourth-order valence-electron chi connectivity index (χ4n) is 3.23. The quantitative estimate of drug-likeness (QED) is 0.376. The summed E-state index contributed by atoms with van der Waals surface area (Å²) in [5, 5.41) is 0. The van der Waals surface area contributed by atoms with Crippen molar-refractivity contribution < 1.29 is 32.2 Å². The van der Waals surface area contributed by atoms with E-state index in [0.29, 0.717) is 18.2 Å². The van der Waals surface area contributed by atoms with Crippen molar-refractivity contribution >= 4 is 27.5 Å². The van der Waals surface area contributed by atoms with Gasteiger partial charge in [-0.1, -0.05) is 36.9 Å². The van der Waals surface area contributed by atoms with Gasteiger partial charge in [-0.3, -0.25) is 0 Å². The number of hydrogen-bond donors (Lipinski definition) is 0. The molecule has 1 aliphatic heterocycles. The number of allylic oxidation sites excluding steroid dienone is 2. The van der Waals surface area contributed by atoms with Gasteiger partial charge in [-0.2, -0.15) is 0 Å². The van der Waals surface area contributed by atoms with E-state index in [9.17, 15) is 18.0 Å². The molecule has 2 aromatic carbocycles. The van der Waals surface area contributed by atoms with E-state index in [1.165, 1.54) is 38.1 Å². The van der Waals surface area contributed by atoms with Crippen LogP contribution >= 0.6 is 0 Å². The van der Waals surface area contributed by atoms with Gasteiger partial charge in [0.05, 0.1) is 10.6 Å². The summed E-state index contributed by atoms with van der Waals surface area (Å²) in [7, 11) is -4.22. The molecule has 1 atom stereocenters. The smallest absolute Gasteiger partial charge is 0.350 e. The van der Waals surface area contributed by atoms with E-state index in [2.05, 4.69) is 6.58 Å². The second-order valence-corrected chi connectivity index (χ2v) is 9.68. The molecule has 0 fully saturated rings. The van der Waals surface area contributed by atoms with Crippen LogP contribution in [0.2, 0.25) is 0 Å². The van der Waals surface area contributed by atoms with E-state index < -0.39 is 32.8 Å². The number of carbonyl (C=O) groups excluding carboxylic acids is 2. The number of carbonyl (C=O) groups is 2. The van der Waals surface area contributed by atoms with E-state index in [1.807, 2.05) is 30.0 Å².